The van der Waals surface area contributed by atoms with Crippen molar-refractivity contribution in [3.8, 4) is 6.07 Å². The average molecular weight is 311 g/mol. The van der Waals surface area contributed by atoms with Crippen LogP contribution in [-0.2, 0) is 12.8 Å². The molecule has 1 unspecified atom stereocenters. The highest BCUT2D eigenvalue weighted by Gasteiger charge is 2.28. The molecular formula is C18H25N5. The highest BCUT2D eigenvalue weighted by atomic mass is 15.3. The molecule has 2 aliphatic heterocycles. The second-order valence-corrected chi connectivity index (χ2v) is 6.95. The SMILES string of the molecule is N#Cc1cc2c(nc1N1CCN(C3CCNC3)CC1)CCCC2. The van der Waals surface area contributed by atoms with Gasteiger partial charge in [-0.3, -0.25) is 4.90 Å². The fourth-order valence-corrected chi connectivity index (χ4v) is 4.20. The van der Waals surface area contributed by atoms with Gasteiger partial charge in [-0.15, -0.1) is 0 Å². The van der Waals surface area contributed by atoms with E-state index in [1.165, 1.54) is 30.5 Å². The molecule has 4 rings (SSSR count). The maximum Gasteiger partial charge on any atom is 0.146 e. The van der Waals surface area contributed by atoms with E-state index in [1.54, 1.807) is 0 Å². The molecule has 5 heteroatoms. The predicted octanol–water partition coefficient (Wildman–Crippen LogP) is 1.32. The Bertz CT molecular complexity index is 607. The molecular weight excluding hydrogens is 286 g/mol. The topological polar surface area (TPSA) is 55.2 Å². The van der Waals surface area contributed by atoms with Crippen LogP contribution >= 0.6 is 0 Å². The predicted molar refractivity (Wildman–Crippen MR) is 90.7 cm³/mol. The fraction of sp³-hybridized carbons (Fsp3) is 0.667. The molecule has 0 bridgehead atoms. The van der Waals surface area contributed by atoms with E-state index in [1.807, 2.05) is 0 Å². The van der Waals surface area contributed by atoms with Gasteiger partial charge in [0.15, 0.2) is 0 Å². The third-order valence-corrected chi connectivity index (χ3v) is 5.57. The standard InChI is InChI=1S/C18H25N5/c19-12-15-11-14-3-1-2-4-17(14)21-18(15)23-9-7-22(8-10-23)16-5-6-20-13-16/h11,16,20H,1-10,13H2. The van der Waals surface area contributed by atoms with Gasteiger partial charge < -0.3 is 10.2 Å². The number of hydrogen-bond acceptors (Lipinski definition) is 5. The first-order chi connectivity index (χ1) is 11.3. The molecule has 1 aromatic heterocycles. The number of rotatable bonds is 2. The van der Waals surface area contributed by atoms with Gasteiger partial charge in [-0.2, -0.15) is 5.26 Å². The van der Waals surface area contributed by atoms with Crippen molar-refractivity contribution in [1.29, 1.82) is 5.26 Å². The first-order valence-corrected chi connectivity index (χ1v) is 8.98. The van der Waals surface area contributed by atoms with Crippen molar-refractivity contribution in [1.82, 2.24) is 15.2 Å². The van der Waals surface area contributed by atoms with Gasteiger partial charge in [0.05, 0.1) is 5.56 Å². The summed E-state index contributed by atoms with van der Waals surface area (Å²) in [6, 6.07) is 5.18. The number of piperazine rings is 1. The van der Waals surface area contributed by atoms with Gasteiger partial charge in [0.1, 0.15) is 11.9 Å². The lowest BCUT2D eigenvalue weighted by atomic mass is 9.95. The van der Waals surface area contributed by atoms with Crippen molar-refractivity contribution in [3.63, 3.8) is 0 Å². The minimum atomic E-state index is 0.698. The number of pyridine rings is 1. The van der Waals surface area contributed by atoms with Crippen molar-refractivity contribution in [3.05, 3.63) is 22.9 Å². The zero-order valence-electron chi connectivity index (χ0n) is 13.7. The lowest BCUT2D eigenvalue weighted by Crippen LogP contribution is -2.51. The van der Waals surface area contributed by atoms with Crippen LogP contribution in [0.3, 0.4) is 0 Å². The summed E-state index contributed by atoms with van der Waals surface area (Å²) in [6.07, 6.45) is 5.88. The Labute approximate surface area is 138 Å². The molecule has 0 radical (unpaired) electrons. The Morgan fingerprint density at radius 2 is 2.00 bits per heavy atom. The lowest BCUT2D eigenvalue weighted by molar-refractivity contribution is 0.196. The quantitative estimate of drug-likeness (QED) is 0.893. The largest absolute Gasteiger partial charge is 0.353 e. The van der Waals surface area contributed by atoms with Crippen molar-refractivity contribution in [2.45, 2.75) is 38.1 Å². The van der Waals surface area contributed by atoms with Crippen LogP contribution < -0.4 is 10.2 Å². The van der Waals surface area contributed by atoms with Crippen LogP contribution in [0.2, 0.25) is 0 Å². The molecule has 0 spiro atoms. The Morgan fingerprint density at radius 1 is 1.17 bits per heavy atom. The van der Waals surface area contributed by atoms with Gasteiger partial charge in [-0.05, 0) is 50.3 Å². The number of aromatic nitrogens is 1. The molecule has 2 fully saturated rings. The number of aryl methyl sites for hydroxylation is 2. The summed E-state index contributed by atoms with van der Waals surface area (Å²) < 4.78 is 0. The molecule has 1 atom stereocenters. The van der Waals surface area contributed by atoms with Crippen LogP contribution in [0.1, 0.15) is 36.1 Å². The molecule has 1 aliphatic carbocycles. The minimum absolute atomic E-state index is 0.698. The second-order valence-electron chi connectivity index (χ2n) is 6.95. The smallest absolute Gasteiger partial charge is 0.146 e. The molecule has 1 N–H and O–H groups in total. The number of fused-ring (bicyclic) bond motifs is 1. The van der Waals surface area contributed by atoms with Crippen LogP contribution in [0.5, 0.6) is 0 Å². The molecule has 5 nitrogen and oxygen atoms in total. The van der Waals surface area contributed by atoms with E-state index in [4.69, 9.17) is 4.98 Å². The van der Waals surface area contributed by atoms with Crippen molar-refractivity contribution < 1.29 is 0 Å². The first-order valence-electron chi connectivity index (χ1n) is 8.98. The molecule has 0 amide bonds. The maximum absolute atomic E-state index is 9.54. The summed E-state index contributed by atoms with van der Waals surface area (Å²) in [7, 11) is 0. The Balaban J connectivity index is 1.51. The Morgan fingerprint density at radius 3 is 2.74 bits per heavy atom. The van der Waals surface area contributed by atoms with Crippen molar-refractivity contribution in [2.75, 3.05) is 44.2 Å². The third kappa shape index (κ3) is 2.93. The summed E-state index contributed by atoms with van der Waals surface area (Å²) in [5.74, 6) is 0.928. The number of anilines is 1. The molecule has 2 saturated heterocycles. The summed E-state index contributed by atoms with van der Waals surface area (Å²) in [4.78, 5) is 9.83. The summed E-state index contributed by atoms with van der Waals surface area (Å²) in [5, 5.41) is 13.0. The van der Waals surface area contributed by atoms with Crippen LogP contribution in [-0.4, -0.2) is 55.2 Å². The molecule has 23 heavy (non-hydrogen) atoms. The Hall–Kier alpha value is -1.64. The van der Waals surface area contributed by atoms with E-state index in [0.717, 1.165) is 63.5 Å². The van der Waals surface area contributed by atoms with E-state index in [2.05, 4.69) is 27.3 Å². The van der Waals surface area contributed by atoms with Crippen LogP contribution in [0.25, 0.3) is 0 Å². The van der Waals surface area contributed by atoms with Crippen molar-refractivity contribution in [2.24, 2.45) is 0 Å². The zero-order valence-corrected chi connectivity index (χ0v) is 13.7. The first kappa shape index (κ1) is 14.9. The fourth-order valence-electron chi connectivity index (χ4n) is 4.20. The molecule has 0 saturated carbocycles. The number of nitrogens with one attached hydrogen (secondary N) is 1. The summed E-state index contributed by atoms with van der Waals surface area (Å²) >= 11 is 0. The van der Waals surface area contributed by atoms with E-state index in [0.29, 0.717) is 6.04 Å². The molecule has 122 valence electrons. The van der Waals surface area contributed by atoms with Gasteiger partial charge in [0.25, 0.3) is 0 Å². The van der Waals surface area contributed by atoms with Crippen molar-refractivity contribution >= 4 is 5.82 Å². The molecule has 3 aliphatic rings. The lowest BCUT2D eigenvalue weighted by Gasteiger charge is -2.38. The van der Waals surface area contributed by atoms with Gasteiger partial charge in [0, 0.05) is 44.5 Å². The van der Waals surface area contributed by atoms with E-state index < -0.39 is 0 Å². The third-order valence-electron chi connectivity index (χ3n) is 5.57. The van der Waals surface area contributed by atoms with E-state index in [-0.39, 0.29) is 0 Å². The van der Waals surface area contributed by atoms with Crippen LogP contribution in [0.4, 0.5) is 5.82 Å². The number of hydrogen-bond donors (Lipinski definition) is 1. The van der Waals surface area contributed by atoms with Gasteiger partial charge in [-0.25, -0.2) is 4.98 Å². The molecule has 0 aromatic carbocycles. The Kier molecular flexibility index (Phi) is 4.19. The van der Waals surface area contributed by atoms with Crippen LogP contribution in [0.15, 0.2) is 6.07 Å². The highest BCUT2D eigenvalue weighted by molar-refractivity contribution is 5.56. The normalized spacial score (nSPS) is 25.2. The van der Waals surface area contributed by atoms with Gasteiger partial charge in [-0.1, -0.05) is 0 Å². The highest BCUT2D eigenvalue weighted by Crippen LogP contribution is 2.27. The van der Waals surface area contributed by atoms with Crippen LogP contribution in [0, 0.1) is 11.3 Å². The summed E-state index contributed by atoms with van der Waals surface area (Å²) in [5.41, 5.74) is 3.29. The van der Waals surface area contributed by atoms with E-state index >= 15 is 0 Å². The average Bonchev–Trinajstić information content (AvgIpc) is 3.15. The number of nitriles is 1. The molecule has 1 aromatic rings. The minimum Gasteiger partial charge on any atom is -0.353 e. The monoisotopic (exact) mass is 311 g/mol. The summed E-state index contributed by atoms with van der Waals surface area (Å²) in [6.45, 7) is 6.40. The maximum atomic E-state index is 9.54. The second kappa shape index (κ2) is 6.46. The van der Waals surface area contributed by atoms with Gasteiger partial charge in [0.2, 0.25) is 0 Å². The van der Waals surface area contributed by atoms with Gasteiger partial charge >= 0.3 is 0 Å². The zero-order chi connectivity index (χ0) is 15.6. The van der Waals surface area contributed by atoms with E-state index in [9.17, 15) is 5.26 Å². The molecule has 3 heterocycles. The number of nitrogens with zero attached hydrogens (tertiary/aromatic N) is 4.